The van der Waals surface area contributed by atoms with Gasteiger partial charge in [0.1, 0.15) is 17.3 Å². The summed E-state index contributed by atoms with van der Waals surface area (Å²) in [6.45, 7) is 6.87. The Morgan fingerprint density at radius 3 is 2.50 bits per heavy atom. The van der Waals surface area contributed by atoms with Crippen molar-refractivity contribution in [2.24, 2.45) is 5.92 Å². The van der Waals surface area contributed by atoms with E-state index in [0.29, 0.717) is 67.2 Å². The molecule has 10 rings (SSSR count). The number of amides is 6. The van der Waals surface area contributed by atoms with Crippen LogP contribution in [0.15, 0.2) is 48.9 Å². The van der Waals surface area contributed by atoms with Crippen molar-refractivity contribution < 1.29 is 33.5 Å². The zero-order valence-electron chi connectivity index (χ0n) is 31.6. The van der Waals surface area contributed by atoms with Crippen molar-refractivity contribution in [3.05, 3.63) is 76.9 Å². The van der Waals surface area contributed by atoms with Crippen molar-refractivity contribution in [1.82, 2.24) is 39.6 Å². The molecule has 4 fully saturated rings. The molecular weight excluding hydrogens is 747 g/mol. The first-order chi connectivity index (χ1) is 28.2. The Bertz CT molecular complexity index is 2400. The van der Waals surface area contributed by atoms with E-state index >= 15 is 0 Å². The third-order valence-corrected chi connectivity index (χ3v) is 12.2. The van der Waals surface area contributed by atoms with Crippen LogP contribution in [0, 0.1) is 5.92 Å². The number of likely N-dealkylation sites (tertiary alicyclic amines) is 1. The number of ether oxygens (including phenoxy) is 1. The number of fused-ring (bicyclic) bond motifs is 3. The summed E-state index contributed by atoms with van der Waals surface area (Å²) < 4.78 is 7.13. The summed E-state index contributed by atoms with van der Waals surface area (Å²) >= 11 is 0. The van der Waals surface area contributed by atoms with Crippen LogP contribution in [0.3, 0.4) is 0 Å². The minimum Gasteiger partial charge on any atom is -0.378 e. The quantitative estimate of drug-likeness (QED) is 0.242. The van der Waals surface area contributed by atoms with Gasteiger partial charge in [0.2, 0.25) is 11.8 Å². The number of morpholine rings is 1. The molecular formula is C40H41N11O7. The Morgan fingerprint density at radius 2 is 1.71 bits per heavy atom. The third-order valence-electron chi connectivity index (χ3n) is 12.2. The molecule has 0 bridgehead atoms. The van der Waals surface area contributed by atoms with Gasteiger partial charge in [0.15, 0.2) is 11.5 Å². The number of imide groups is 2. The molecule has 1 atom stereocenters. The molecule has 58 heavy (non-hydrogen) atoms. The van der Waals surface area contributed by atoms with Crippen LogP contribution >= 0.6 is 0 Å². The molecule has 9 heterocycles. The van der Waals surface area contributed by atoms with Gasteiger partial charge in [-0.15, -0.1) is 0 Å². The summed E-state index contributed by atoms with van der Waals surface area (Å²) in [4.78, 5) is 96.9. The van der Waals surface area contributed by atoms with Crippen molar-refractivity contribution in [3.8, 4) is 0 Å². The van der Waals surface area contributed by atoms with E-state index in [4.69, 9.17) is 9.72 Å². The number of anilines is 3. The summed E-state index contributed by atoms with van der Waals surface area (Å²) in [7, 11) is 0. The van der Waals surface area contributed by atoms with E-state index in [1.54, 1.807) is 35.1 Å². The normalized spacial score (nSPS) is 21.8. The molecule has 6 amide bonds. The molecule has 298 valence electrons. The lowest BCUT2D eigenvalue weighted by Crippen LogP contribution is -2.54. The first kappa shape index (κ1) is 36.1. The molecule has 0 radical (unpaired) electrons. The second-order valence-corrected chi connectivity index (χ2v) is 15.8. The summed E-state index contributed by atoms with van der Waals surface area (Å²) in [5, 5.41) is 9.54. The van der Waals surface area contributed by atoms with Crippen LogP contribution in [0.1, 0.15) is 72.8 Å². The monoisotopic (exact) mass is 787 g/mol. The largest absolute Gasteiger partial charge is 0.378 e. The molecule has 4 saturated heterocycles. The van der Waals surface area contributed by atoms with Crippen LogP contribution in [0.25, 0.3) is 5.65 Å². The molecule has 0 aliphatic carbocycles. The predicted molar refractivity (Wildman–Crippen MR) is 206 cm³/mol. The standard InChI is InChI=1S/C40H41N11O7/c52-32-5-4-31(37(54)44-32)51-38(55)27-3-2-26(17-28(27)39(51)56)48-20-23(21-48)19-46-10-6-25(7-11-46)49-22-24-16-30(35(45-33(24)40(49)57)47-12-14-58-15-13-47)43-36(53)29-18-42-50-9-1-8-41-34(29)50/h1-3,8-9,16-18,23,25,31H,4-7,10-15,19-22H2,(H,43,53)(H,44,52,54). The van der Waals surface area contributed by atoms with Crippen LogP contribution in [0.5, 0.6) is 0 Å². The van der Waals surface area contributed by atoms with E-state index in [0.717, 1.165) is 61.7 Å². The molecule has 6 aliphatic rings. The molecule has 18 heteroatoms. The second kappa shape index (κ2) is 14.3. The highest BCUT2D eigenvalue weighted by molar-refractivity contribution is 6.23. The maximum atomic E-state index is 13.9. The van der Waals surface area contributed by atoms with Crippen LogP contribution < -0.4 is 20.4 Å². The number of carbonyl (C=O) groups excluding carboxylic acids is 6. The molecule has 4 aromatic rings. The van der Waals surface area contributed by atoms with Crippen molar-refractivity contribution >= 4 is 58.3 Å². The minimum absolute atomic E-state index is 0.0666. The van der Waals surface area contributed by atoms with Gasteiger partial charge in [0.05, 0.1) is 36.2 Å². The van der Waals surface area contributed by atoms with Gasteiger partial charge in [0, 0.05) is 94.4 Å². The lowest BCUT2D eigenvalue weighted by molar-refractivity contribution is -0.136. The van der Waals surface area contributed by atoms with Gasteiger partial charge in [-0.05, 0) is 49.6 Å². The van der Waals surface area contributed by atoms with Crippen LogP contribution in [0.2, 0.25) is 0 Å². The van der Waals surface area contributed by atoms with Gasteiger partial charge in [-0.2, -0.15) is 5.10 Å². The smallest absolute Gasteiger partial charge is 0.273 e. The van der Waals surface area contributed by atoms with Crippen LogP contribution in [-0.4, -0.2) is 141 Å². The predicted octanol–water partition coefficient (Wildman–Crippen LogP) is 1.17. The zero-order chi connectivity index (χ0) is 39.7. The van der Waals surface area contributed by atoms with Crippen molar-refractivity contribution in [2.75, 3.05) is 74.1 Å². The van der Waals surface area contributed by atoms with Crippen molar-refractivity contribution in [1.29, 1.82) is 0 Å². The highest BCUT2D eigenvalue weighted by Gasteiger charge is 2.45. The van der Waals surface area contributed by atoms with Crippen molar-refractivity contribution in [2.45, 2.75) is 44.3 Å². The maximum Gasteiger partial charge on any atom is 0.273 e. The van der Waals surface area contributed by atoms with Gasteiger partial charge >= 0.3 is 0 Å². The minimum atomic E-state index is -0.990. The summed E-state index contributed by atoms with van der Waals surface area (Å²) in [5.41, 5.74) is 3.94. The van der Waals surface area contributed by atoms with Crippen molar-refractivity contribution in [3.63, 3.8) is 0 Å². The molecule has 0 spiro atoms. The fourth-order valence-corrected chi connectivity index (χ4v) is 9.15. The number of hydrogen-bond acceptors (Lipinski definition) is 13. The molecule has 2 N–H and O–H groups in total. The molecule has 0 saturated carbocycles. The Labute approximate surface area is 332 Å². The number of hydrogen-bond donors (Lipinski definition) is 2. The number of carbonyl (C=O) groups is 6. The Kier molecular flexibility index (Phi) is 8.89. The number of aromatic nitrogens is 4. The second-order valence-electron chi connectivity index (χ2n) is 15.8. The zero-order valence-corrected chi connectivity index (χ0v) is 31.6. The third kappa shape index (κ3) is 6.23. The van der Waals surface area contributed by atoms with E-state index < -0.39 is 29.7 Å². The molecule has 1 aromatic carbocycles. The fraction of sp³-hybridized carbons (Fsp3) is 0.425. The van der Waals surface area contributed by atoms with Gasteiger partial charge in [-0.25, -0.2) is 14.5 Å². The summed E-state index contributed by atoms with van der Waals surface area (Å²) in [5.74, 6) is -1.51. The maximum absolute atomic E-state index is 13.9. The van der Waals surface area contributed by atoms with Gasteiger partial charge in [0.25, 0.3) is 23.6 Å². The lowest BCUT2D eigenvalue weighted by Gasteiger charge is -2.45. The van der Waals surface area contributed by atoms with E-state index in [9.17, 15) is 28.8 Å². The Hall–Kier alpha value is -6.27. The highest BCUT2D eigenvalue weighted by atomic mass is 16.5. The number of benzene rings is 1. The van der Waals surface area contributed by atoms with E-state index in [1.165, 1.54) is 6.20 Å². The summed E-state index contributed by atoms with van der Waals surface area (Å²) in [6.07, 6.45) is 6.71. The lowest BCUT2D eigenvalue weighted by atomic mass is 9.95. The SMILES string of the molecule is O=C1CCC(N2C(=O)c3ccc(N4CC(CN5CCC(N6Cc7cc(NC(=O)c8cnn9cccnc89)c(N8CCOCC8)nc7C6=O)CC5)C4)cc3C2=O)C(=O)N1. The summed E-state index contributed by atoms with van der Waals surface area (Å²) in [6, 6.07) is 7.95. The van der Waals surface area contributed by atoms with E-state index in [1.807, 2.05) is 21.9 Å². The highest BCUT2D eigenvalue weighted by Crippen LogP contribution is 2.36. The van der Waals surface area contributed by atoms with Crippen LogP contribution in [0.4, 0.5) is 17.2 Å². The average molecular weight is 788 g/mol. The number of piperidine rings is 2. The van der Waals surface area contributed by atoms with E-state index in [-0.39, 0.29) is 41.8 Å². The number of rotatable bonds is 8. The van der Waals surface area contributed by atoms with E-state index in [2.05, 4.69) is 30.5 Å². The molecule has 6 aliphatic heterocycles. The number of pyridine rings is 1. The fourth-order valence-electron chi connectivity index (χ4n) is 9.15. The number of nitrogens with zero attached hydrogens (tertiary/aromatic N) is 9. The Morgan fingerprint density at radius 1 is 0.914 bits per heavy atom. The number of nitrogens with one attached hydrogen (secondary N) is 2. The first-order valence-electron chi connectivity index (χ1n) is 19.8. The molecule has 1 unspecified atom stereocenters. The van der Waals surface area contributed by atoms with Gasteiger partial charge in [-0.3, -0.25) is 39.0 Å². The molecule has 3 aromatic heterocycles. The average Bonchev–Trinajstić information content (AvgIpc) is 3.87. The Balaban J connectivity index is 0.757. The van der Waals surface area contributed by atoms with Crippen LogP contribution in [-0.2, 0) is 20.9 Å². The van der Waals surface area contributed by atoms with Gasteiger partial charge < -0.3 is 29.7 Å². The van der Waals surface area contributed by atoms with Gasteiger partial charge in [-0.1, -0.05) is 0 Å². The molecule has 18 nitrogen and oxygen atoms in total. The topological polar surface area (TPSA) is 195 Å². The first-order valence-corrected chi connectivity index (χ1v) is 19.8.